The minimum absolute atomic E-state index is 0.321. The van der Waals surface area contributed by atoms with Crippen LogP contribution in [0.2, 0.25) is 0 Å². The second-order valence-corrected chi connectivity index (χ2v) is 5.70. The maximum Gasteiger partial charge on any atom is 0.0444 e. The van der Waals surface area contributed by atoms with Gasteiger partial charge in [-0.25, -0.2) is 0 Å². The Labute approximate surface area is 109 Å². The number of nitrogens with one attached hydrogen (secondary N) is 1. The molecule has 1 aromatic rings. The molecule has 0 spiro atoms. The molecule has 98 valence electrons. The van der Waals surface area contributed by atoms with Gasteiger partial charge in [0.25, 0.3) is 0 Å². The van der Waals surface area contributed by atoms with E-state index in [2.05, 4.69) is 35.5 Å². The van der Waals surface area contributed by atoms with Crippen LogP contribution in [0.25, 0.3) is 0 Å². The van der Waals surface area contributed by atoms with Crippen molar-refractivity contribution in [1.82, 2.24) is 5.32 Å². The zero-order chi connectivity index (χ0) is 12.5. The molecule has 1 atom stereocenters. The second kappa shape index (κ2) is 4.90. The molecule has 0 saturated heterocycles. The predicted octanol–water partition coefficient (Wildman–Crippen LogP) is 1.68. The molecule has 1 aliphatic carbocycles. The van der Waals surface area contributed by atoms with E-state index >= 15 is 0 Å². The Morgan fingerprint density at radius 3 is 3.00 bits per heavy atom. The van der Waals surface area contributed by atoms with Gasteiger partial charge in [0.2, 0.25) is 0 Å². The van der Waals surface area contributed by atoms with Crippen LogP contribution in [0.1, 0.15) is 30.0 Å². The molecule has 0 aromatic heterocycles. The number of nitrogens with two attached hydrogens (primary N) is 1. The average Bonchev–Trinajstić information content (AvgIpc) is 3.14. The Hall–Kier alpha value is -1.06. The molecule has 3 nitrogen and oxygen atoms in total. The summed E-state index contributed by atoms with van der Waals surface area (Å²) in [7, 11) is 2.16. The molecule has 3 N–H and O–H groups in total. The second-order valence-electron chi connectivity index (χ2n) is 5.70. The summed E-state index contributed by atoms with van der Waals surface area (Å²) in [6.07, 6.45) is 3.94. The van der Waals surface area contributed by atoms with E-state index in [0.717, 1.165) is 19.0 Å². The molecule has 0 bridgehead atoms. The van der Waals surface area contributed by atoms with E-state index in [4.69, 9.17) is 5.73 Å². The van der Waals surface area contributed by atoms with Crippen LogP contribution in [-0.4, -0.2) is 26.7 Å². The number of rotatable bonds is 5. The molecule has 0 radical (unpaired) electrons. The molecule has 1 aromatic carbocycles. The molecule has 18 heavy (non-hydrogen) atoms. The van der Waals surface area contributed by atoms with Crippen molar-refractivity contribution < 1.29 is 0 Å². The Kier molecular flexibility index (Phi) is 3.27. The van der Waals surface area contributed by atoms with Crippen molar-refractivity contribution in [3.8, 4) is 0 Å². The molecule has 2 aliphatic rings. The third-order valence-corrected chi connectivity index (χ3v) is 4.22. The summed E-state index contributed by atoms with van der Waals surface area (Å²) in [4.78, 5) is 2.33. The molecule has 1 saturated carbocycles. The molecule has 3 rings (SSSR count). The third-order valence-electron chi connectivity index (χ3n) is 4.22. The van der Waals surface area contributed by atoms with E-state index in [1.54, 1.807) is 0 Å². The molecular formula is C15H23N3. The highest BCUT2D eigenvalue weighted by Crippen LogP contribution is 2.31. The van der Waals surface area contributed by atoms with Gasteiger partial charge >= 0.3 is 0 Å². The summed E-state index contributed by atoms with van der Waals surface area (Å²) in [6, 6.07) is 7.15. The summed E-state index contributed by atoms with van der Waals surface area (Å²) in [5.74, 6) is 0.902. The lowest BCUT2D eigenvalue weighted by Crippen LogP contribution is -2.29. The van der Waals surface area contributed by atoms with Gasteiger partial charge in [-0.2, -0.15) is 0 Å². The van der Waals surface area contributed by atoms with Gasteiger partial charge < -0.3 is 16.0 Å². The summed E-state index contributed by atoms with van der Waals surface area (Å²) >= 11 is 0. The van der Waals surface area contributed by atoms with Crippen LogP contribution in [0.5, 0.6) is 0 Å². The van der Waals surface area contributed by atoms with Gasteiger partial charge in [0.05, 0.1) is 0 Å². The number of fused-ring (bicyclic) bond motifs is 1. The van der Waals surface area contributed by atoms with Crippen molar-refractivity contribution in [2.75, 3.05) is 31.6 Å². The highest BCUT2D eigenvalue weighted by molar-refractivity contribution is 5.58. The predicted molar refractivity (Wildman–Crippen MR) is 75.9 cm³/mol. The van der Waals surface area contributed by atoms with Crippen LogP contribution in [-0.2, 0) is 6.42 Å². The van der Waals surface area contributed by atoms with Crippen LogP contribution in [0.4, 0.5) is 5.69 Å². The zero-order valence-corrected chi connectivity index (χ0v) is 11.2. The van der Waals surface area contributed by atoms with E-state index in [9.17, 15) is 0 Å². The van der Waals surface area contributed by atoms with Crippen LogP contribution in [0.3, 0.4) is 0 Å². The normalized spacial score (nSPS) is 20.0. The minimum Gasteiger partial charge on any atom is -0.374 e. The summed E-state index contributed by atoms with van der Waals surface area (Å²) in [5.41, 5.74) is 10.1. The quantitative estimate of drug-likeness (QED) is 0.829. The van der Waals surface area contributed by atoms with Crippen LogP contribution >= 0.6 is 0 Å². The van der Waals surface area contributed by atoms with E-state index in [-0.39, 0.29) is 0 Å². The monoisotopic (exact) mass is 245 g/mol. The number of hydrogen-bond acceptors (Lipinski definition) is 3. The zero-order valence-electron chi connectivity index (χ0n) is 11.2. The van der Waals surface area contributed by atoms with Gasteiger partial charge in [-0.05, 0) is 48.9 Å². The Bertz CT molecular complexity index is 426. The number of anilines is 1. The molecule has 1 heterocycles. The van der Waals surface area contributed by atoms with Crippen molar-refractivity contribution in [1.29, 1.82) is 0 Å². The molecular weight excluding hydrogens is 222 g/mol. The van der Waals surface area contributed by atoms with E-state index < -0.39 is 0 Å². The van der Waals surface area contributed by atoms with E-state index in [0.29, 0.717) is 12.6 Å². The van der Waals surface area contributed by atoms with Gasteiger partial charge in [0.1, 0.15) is 0 Å². The fourth-order valence-electron chi connectivity index (χ4n) is 2.77. The first-order chi connectivity index (χ1) is 8.78. The average molecular weight is 245 g/mol. The Morgan fingerprint density at radius 1 is 1.44 bits per heavy atom. The first kappa shape index (κ1) is 12.0. The van der Waals surface area contributed by atoms with Gasteiger partial charge in [-0.3, -0.25) is 0 Å². The van der Waals surface area contributed by atoms with Crippen LogP contribution in [0, 0.1) is 5.92 Å². The van der Waals surface area contributed by atoms with Gasteiger partial charge in [0, 0.05) is 31.9 Å². The largest absolute Gasteiger partial charge is 0.374 e. The number of benzene rings is 1. The van der Waals surface area contributed by atoms with E-state index in [1.807, 2.05) is 0 Å². The third kappa shape index (κ3) is 2.38. The molecule has 1 aliphatic heterocycles. The molecule has 1 unspecified atom stereocenters. The van der Waals surface area contributed by atoms with Crippen molar-refractivity contribution in [3.05, 3.63) is 29.3 Å². The lowest BCUT2D eigenvalue weighted by Gasteiger charge is -2.19. The first-order valence-electron chi connectivity index (χ1n) is 7.05. The van der Waals surface area contributed by atoms with Crippen molar-refractivity contribution >= 4 is 5.69 Å². The highest BCUT2D eigenvalue weighted by atomic mass is 15.1. The Morgan fingerprint density at radius 2 is 2.28 bits per heavy atom. The minimum atomic E-state index is 0.321. The smallest absolute Gasteiger partial charge is 0.0444 e. The SMILES string of the molecule is CN1CCc2cc(C(CN)NCC3CC3)ccc21. The van der Waals surface area contributed by atoms with Crippen molar-refractivity contribution in [2.24, 2.45) is 11.7 Å². The van der Waals surface area contributed by atoms with Crippen molar-refractivity contribution in [2.45, 2.75) is 25.3 Å². The fraction of sp³-hybridized carbons (Fsp3) is 0.600. The van der Waals surface area contributed by atoms with Gasteiger partial charge in [-0.15, -0.1) is 0 Å². The summed E-state index contributed by atoms with van der Waals surface area (Å²) < 4.78 is 0. The summed E-state index contributed by atoms with van der Waals surface area (Å²) in [5, 5.41) is 3.61. The molecule has 0 amide bonds. The lowest BCUT2D eigenvalue weighted by molar-refractivity contribution is 0.522. The van der Waals surface area contributed by atoms with Gasteiger partial charge in [-0.1, -0.05) is 12.1 Å². The summed E-state index contributed by atoms with van der Waals surface area (Å²) in [6.45, 7) is 2.95. The number of hydrogen-bond donors (Lipinski definition) is 2. The lowest BCUT2D eigenvalue weighted by atomic mass is 10.0. The standard InChI is InChI=1S/C15H23N3/c1-18-7-6-13-8-12(4-5-15(13)18)14(9-16)17-10-11-2-3-11/h4-5,8,11,14,17H,2-3,6-7,9-10,16H2,1H3. The topological polar surface area (TPSA) is 41.3 Å². The molecule has 3 heteroatoms. The maximum atomic E-state index is 5.91. The first-order valence-corrected chi connectivity index (χ1v) is 7.05. The van der Waals surface area contributed by atoms with Gasteiger partial charge in [0.15, 0.2) is 0 Å². The number of nitrogens with zero attached hydrogens (tertiary/aromatic N) is 1. The fourth-order valence-corrected chi connectivity index (χ4v) is 2.77. The van der Waals surface area contributed by atoms with Crippen LogP contribution < -0.4 is 16.0 Å². The number of likely N-dealkylation sites (N-methyl/N-ethyl adjacent to an activating group) is 1. The highest BCUT2D eigenvalue weighted by Gasteiger charge is 2.23. The maximum absolute atomic E-state index is 5.91. The van der Waals surface area contributed by atoms with Crippen molar-refractivity contribution in [3.63, 3.8) is 0 Å². The van der Waals surface area contributed by atoms with E-state index in [1.165, 1.54) is 36.1 Å². The molecule has 1 fully saturated rings. The Balaban J connectivity index is 1.73. The van der Waals surface area contributed by atoms with Crippen LogP contribution in [0.15, 0.2) is 18.2 Å².